The van der Waals surface area contributed by atoms with Gasteiger partial charge in [-0.05, 0) is 52.6 Å². The SMILES string of the molecule is O=C(O)c1nnn(-c2cc(C(F)(F)F)cc3c2Cc2cccc(C(F)(F)F)c2-3)c1-c1ccccn1. The summed E-state index contributed by atoms with van der Waals surface area (Å²) in [5.74, 6) is -1.50. The second-order valence-electron chi connectivity index (χ2n) is 7.75. The lowest BCUT2D eigenvalue weighted by molar-refractivity contribution is -0.137. The summed E-state index contributed by atoms with van der Waals surface area (Å²) in [6.07, 6.45) is -8.47. The lowest BCUT2D eigenvalue weighted by Gasteiger charge is -2.17. The van der Waals surface area contributed by atoms with Gasteiger partial charge in [0.1, 0.15) is 5.69 Å². The molecule has 0 saturated carbocycles. The van der Waals surface area contributed by atoms with E-state index >= 15 is 0 Å². The van der Waals surface area contributed by atoms with Crippen LogP contribution in [0.5, 0.6) is 0 Å². The third-order valence-electron chi connectivity index (χ3n) is 5.65. The molecule has 1 aliphatic carbocycles. The van der Waals surface area contributed by atoms with Gasteiger partial charge in [0.2, 0.25) is 0 Å². The molecule has 2 aromatic carbocycles. The van der Waals surface area contributed by atoms with Crippen LogP contribution in [0.25, 0.3) is 28.2 Å². The number of fused-ring (bicyclic) bond motifs is 3. The molecule has 0 radical (unpaired) electrons. The van der Waals surface area contributed by atoms with Crippen LogP contribution in [-0.2, 0) is 18.8 Å². The number of aromatic carboxylic acids is 1. The van der Waals surface area contributed by atoms with E-state index in [1.165, 1.54) is 30.5 Å². The minimum absolute atomic E-state index is 0.0625. The summed E-state index contributed by atoms with van der Waals surface area (Å²) < 4.78 is 83.7. The maximum atomic E-state index is 13.8. The number of carbonyl (C=O) groups is 1. The highest BCUT2D eigenvalue weighted by atomic mass is 19.4. The first kappa shape index (κ1) is 22.6. The highest BCUT2D eigenvalue weighted by molar-refractivity contribution is 5.93. The number of carboxylic acids is 1. The molecular formula is C23H12F6N4O2. The van der Waals surface area contributed by atoms with Crippen molar-refractivity contribution in [3.8, 4) is 28.2 Å². The van der Waals surface area contributed by atoms with Gasteiger partial charge in [-0.15, -0.1) is 5.10 Å². The van der Waals surface area contributed by atoms with Gasteiger partial charge in [0.15, 0.2) is 5.69 Å². The molecule has 0 aliphatic heterocycles. The van der Waals surface area contributed by atoms with Crippen molar-refractivity contribution < 1.29 is 36.2 Å². The van der Waals surface area contributed by atoms with Crippen LogP contribution >= 0.6 is 0 Å². The van der Waals surface area contributed by atoms with Crippen LogP contribution in [0.1, 0.15) is 32.7 Å². The Morgan fingerprint density at radius 2 is 1.74 bits per heavy atom. The topological polar surface area (TPSA) is 80.9 Å². The molecular weight excluding hydrogens is 478 g/mol. The summed E-state index contributed by atoms with van der Waals surface area (Å²) >= 11 is 0. The fourth-order valence-corrected chi connectivity index (χ4v) is 4.24. The van der Waals surface area contributed by atoms with Gasteiger partial charge < -0.3 is 5.11 Å². The molecule has 4 aromatic rings. The van der Waals surface area contributed by atoms with E-state index in [0.29, 0.717) is 6.07 Å². The number of benzene rings is 2. The van der Waals surface area contributed by atoms with Gasteiger partial charge in [-0.1, -0.05) is 23.4 Å². The van der Waals surface area contributed by atoms with Crippen LogP contribution in [0.2, 0.25) is 0 Å². The highest BCUT2D eigenvalue weighted by Crippen LogP contribution is 2.48. The van der Waals surface area contributed by atoms with Gasteiger partial charge in [0.05, 0.1) is 22.5 Å². The number of pyridine rings is 1. The standard InChI is InChI=1S/C23H12F6N4O2/c24-22(25,26)12-9-14-13(8-11-4-3-5-15(18(11)14)23(27,28)29)17(10-12)33-20(16-6-1-2-7-30-16)19(21(34)35)31-32-33/h1-7,9-10H,8H2,(H,34,35). The lowest BCUT2D eigenvalue weighted by Crippen LogP contribution is -2.11. The number of hydrogen-bond acceptors (Lipinski definition) is 4. The Hall–Kier alpha value is -4.22. The van der Waals surface area contributed by atoms with Gasteiger partial charge in [-0.3, -0.25) is 4.98 Å². The molecule has 6 nitrogen and oxygen atoms in total. The molecule has 12 heteroatoms. The predicted molar refractivity (Wildman–Crippen MR) is 110 cm³/mol. The number of rotatable bonds is 3. The Bertz CT molecular complexity index is 1480. The molecule has 1 aliphatic rings. The monoisotopic (exact) mass is 490 g/mol. The van der Waals surface area contributed by atoms with Crippen molar-refractivity contribution in [1.29, 1.82) is 0 Å². The second-order valence-corrected chi connectivity index (χ2v) is 7.75. The lowest BCUT2D eigenvalue weighted by atomic mass is 9.96. The summed E-state index contributed by atoms with van der Waals surface area (Å²) in [7, 11) is 0. The number of aromatic nitrogens is 4. The van der Waals surface area contributed by atoms with E-state index in [1.807, 2.05) is 0 Å². The normalized spacial score (nSPS) is 13.0. The van der Waals surface area contributed by atoms with Crippen LogP contribution in [0, 0.1) is 0 Å². The number of nitrogens with zero attached hydrogens (tertiary/aromatic N) is 4. The average molecular weight is 490 g/mol. The summed E-state index contributed by atoms with van der Waals surface area (Å²) in [4.78, 5) is 15.9. The zero-order chi connectivity index (χ0) is 25.1. The van der Waals surface area contributed by atoms with E-state index in [4.69, 9.17) is 0 Å². The summed E-state index contributed by atoms with van der Waals surface area (Å²) in [6, 6.07) is 9.32. The minimum Gasteiger partial charge on any atom is -0.476 e. The molecule has 0 bridgehead atoms. The van der Waals surface area contributed by atoms with Crippen LogP contribution in [0.3, 0.4) is 0 Å². The largest absolute Gasteiger partial charge is 0.476 e. The van der Waals surface area contributed by atoms with E-state index in [9.17, 15) is 36.2 Å². The molecule has 0 atom stereocenters. The van der Waals surface area contributed by atoms with Crippen molar-refractivity contribution in [3.63, 3.8) is 0 Å². The molecule has 2 heterocycles. The van der Waals surface area contributed by atoms with E-state index in [-0.39, 0.29) is 45.7 Å². The Labute approximate surface area is 192 Å². The first-order valence-electron chi connectivity index (χ1n) is 10.0. The number of alkyl halides is 6. The van der Waals surface area contributed by atoms with Gasteiger partial charge in [0, 0.05) is 12.6 Å². The maximum absolute atomic E-state index is 13.8. The van der Waals surface area contributed by atoms with Crippen LogP contribution in [0.15, 0.2) is 54.7 Å². The highest BCUT2D eigenvalue weighted by Gasteiger charge is 2.40. The molecule has 0 fully saturated rings. The second kappa shape index (κ2) is 7.65. The van der Waals surface area contributed by atoms with Crippen molar-refractivity contribution >= 4 is 5.97 Å². The molecule has 1 N–H and O–H groups in total. The van der Waals surface area contributed by atoms with Crippen LogP contribution in [-0.4, -0.2) is 31.1 Å². The average Bonchev–Trinajstić information content (AvgIpc) is 3.39. The number of hydrogen-bond donors (Lipinski definition) is 1. The zero-order valence-corrected chi connectivity index (χ0v) is 17.3. The van der Waals surface area contributed by atoms with Crippen molar-refractivity contribution in [2.45, 2.75) is 18.8 Å². The summed E-state index contributed by atoms with van der Waals surface area (Å²) in [6.45, 7) is 0. The van der Waals surface area contributed by atoms with Crippen molar-refractivity contribution in [2.75, 3.05) is 0 Å². The molecule has 5 rings (SSSR count). The van der Waals surface area contributed by atoms with Gasteiger partial charge in [0.25, 0.3) is 0 Å². The molecule has 0 saturated heterocycles. The summed E-state index contributed by atoms with van der Waals surface area (Å²) in [5, 5.41) is 17.0. The third kappa shape index (κ3) is 3.70. The van der Waals surface area contributed by atoms with E-state index in [2.05, 4.69) is 15.3 Å². The third-order valence-corrected chi connectivity index (χ3v) is 5.65. The van der Waals surface area contributed by atoms with E-state index in [1.54, 1.807) is 6.07 Å². The van der Waals surface area contributed by atoms with Crippen molar-refractivity contribution in [2.24, 2.45) is 0 Å². The fourth-order valence-electron chi connectivity index (χ4n) is 4.24. The summed E-state index contributed by atoms with van der Waals surface area (Å²) in [5.41, 5.74) is -3.50. The molecule has 0 unspecified atom stereocenters. The molecule has 35 heavy (non-hydrogen) atoms. The smallest absolute Gasteiger partial charge is 0.417 e. The van der Waals surface area contributed by atoms with E-state index < -0.39 is 35.1 Å². The van der Waals surface area contributed by atoms with Gasteiger partial charge in [-0.2, -0.15) is 26.3 Å². The maximum Gasteiger partial charge on any atom is 0.417 e. The molecule has 178 valence electrons. The Morgan fingerprint density at radius 3 is 2.37 bits per heavy atom. The number of carboxylic acid groups (broad SMARTS) is 1. The van der Waals surface area contributed by atoms with Gasteiger partial charge >= 0.3 is 18.3 Å². The quantitative estimate of drug-likeness (QED) is 0.331. The molecule has 0 amide bonds. The van der Waals surface area contributed by atoms with Crippen molar-refractivity contribution in [3.05, 3.63) is 82.7 Å². The fraction of sp³-hybridized carbons (Fsp3) is 0.130. The van der Waals surface area contributed by atoms with E-state index in [0.717, 1.165) is 16.8 Å². The first-order valence-corrected chi connectivity index (χ1v) is 10.0. The Balaban J connectivity index is 1.85. The molecule has 0 spiro atoms. The Kier molecular flexibility index (Phi) is 4.93. The van der Waals surface area contributed by atoms with Gasteiger partial charge in [-0.25, -0.2) is 9.48 Å². The molecule has 2 aromatic heterocycles. The zero-order valence-electron chi connectivity index (χ0n) is 17.3. The number of halogens is 6. The van der Waals surface area contributed by atoms with Crippen LogP contribution in [0.4, 0.5) is 26.3 Å². The first-order chi connectivity index (χ1) is 16.5. The Morgan fingerprint density at radius 1 is 0.971 bits per heavy atom. The predicted octanol–water partition coefficient (Wildman–Crippen LogP) is 5.64. The van der Waals surface area contributed by atoms with Crippen LogP contribution < -0.4 is 0 Å². The minimum atomic E-state index is -4.90. The van der Waals surface area contributed by atoms with Crippen molar-refractivity contribution in [1.82, 2.24) is 20.0 Å².